The lowest BCUT2D eigenvalue weighted by Crippen LogP contribution is -2.60. The number of rotatable bonds is 6. The predicted molar refractivity (Wildman–Crippen MR) is 74.9 cm³/mol. The lowest BCUT2D eigenvalue weighted by molar-refractivity contribution is -0.151. The molecule has 2 fully saturated rings. The number of fused-ring (bicyclic) bond motifs is 1. The fraction of sp³-hybridized carbons (Fsp3) is 0.769. The molecule has 2 rings (SSSR count). The first-order valence-corrected chi connectivity index (χ1v) is 7.37. The zero-order valence-electron chi connectivity index (χ0n) is 12.1. The predicted octanol–water partition coefficient (Wildman–Crippen LogP) is -0.595. The molecule has 0 spiro atoms. The minimum atomic E-state index is -1.77. The van der Waals surface area contributed by atoms with Crippen LogP contribution in [0.15, 0.2) is 0 Å². The van der Waals surface area contributed by atoms with Crippen LogP contribution in [-0.4, -0.2) is 50.9 Å². The van der Waals surface area contributed by atoms with Crippen molar-refractivity contribution in [2.75, 3.05) is 0 Å². The molecule has 8 nitrogen and oxygen atoms in total. The van der Waals surface area contributed by atoms with E-state index in [9.17, 15) is 24.6 Å². The number of aliphatic carboxylic acids is 2. The van der Waals surface area contributed by atoms with Gasteiger partial charge in [0, 0.05) is 18.3 Å². The molecule has 0 saturated heterocycles. The van der Waals surface area contributed by atoms with E-state index in [2.05, 4.69) is 10.2 Å². The molecule has 0 aromatic rings. The van der Waals surface area contributed by atoms with Gasteiger partial charge in [-0.1, -0.05) is 13.8 Å². The summed E-state index contributed by atoms with van der Waals surface area (Å²) in [4.78, 5) is 37.5. The molecular weight excluding hydrogens is 316 g/mol. The summed E-state index contributed by atoms with van der Waals surface area (Å²) in [6.45, 7) is 3.47. The van der Waals surface area contributed by atoms with Crippen molar-refractivity contribution in [1.29, 1.82) is 0 Å². The number of hydrogen-bond acceptors (Lipinski definition) is 5. The monoisotopic (exact) mass is 334 g/mol. The van der Waals surface area contributed by atoms with Gasteiger partial charge >= 0.3 is 11.9 Å². The number of aliphatic hydroxyl groups excluding tert-OH is 1. The first kappa shape index (κ1) is 17.0. The number of nitrogens with one attached hydrogen (secondary N) is 2. The summed E-state index contributed by atoms with van der Waals surface area (Å²) in [6, 6.07) is -0.823. The molecule has 1 amide bonds. The largest absolute Gasteiger partial charge is 0.481 e. The second-order valence-electron chi connectivity index (χ2n) is 6.34. The van der Waals surface area contributed by atoms with Gasteiger partial charge in [-0.15, -0.1) is 0 Å². The van der Waals surface area contributed by atoms with Gasteiger partial charge in [0.15, 0.2) is 0 Å². The van der Waals surface area contributed by atoms with Crippen LogP contribution >= 0.6 is 11.8 Å². The molecule has 0 radical (unpaired) electrons. The van der Waals surface area contributed by atoms with E-state index in [1.165, 1.54) is 0 Å². The van der Waals surface area contributed by atoms with E-state index in [0.717, 1.165) is 0 Å². The van der Waals surface area contributed by atoms with E-state index in [1.807, 2.05) is 0 Å². The molecule has 9 heteroatoms. The Morgan fingerprint density at radius 2 is 1.86 bits per heavy atom. The van der Waals surface area contributed by atoms with Crippen LogP contribution in [0, 0.1) is 23.7 Å². The molecule has 0 bridgehead atoms. The van der Waals surface area contributed by atoms with Gasteiger partial charge in [0.2, 0.25) is 5.91 Å². The highest BCUT2D eigenvalue weighted by Gasteiger charge is 2.75. The molecule has 124 valence electrons. The maximum atomic E-state index is 12.3. The van der Waals surface area contributed by atoms with Crippen LogP contribution < -0.4 is 10.2 Å². The maximum Gasteiger partial charge on any atom is 0.329 e. The quantitative estimate of drug-likeness (QED) is 0.409. The van der Waals surface area contributed by atoms with Crippen LogP contribution in [0.4, 0.5) is 0 Å². The molecule has 2 aliphatic carbocycles. The topological polar surface area (TPSA) is 136 Å². The standard InChI is InChI=1S/C13H19ClN2O6/c1-4(2)9(16-14)10(18)15-13(12(21)22)3-5(17)6-7(8(6)13)11(19)20/h4-9,16-17H,3H2,1-2H3,(H,15,18)(H,19,20)(H,21,22)/t5-,6-,7-,8-,9-,13-/m0/s1. The highest BCUT2D eigenvalue weighted by molar-refractivity contribution is 6.15. The third-order valence-corrected chi connectivity index (χ3v) is 4.93. The third kappa shape index (κ3) is 2.45. The van der Waals surface area contributed by atoms with Gasteiger partial charge in [-0.2, -0.15) is 0 Å². The van der Waals surface area contributed by atoms with E-state index in [0.29, 0.717) is 0 Å². The molecule has 22 heavy (non-hydrogen) atoms. The molecule has 0 aliphatic heterocycles. The SMILES string of the molecule is CC(C)[C@H](NCl)C(=O)N[C@@]1(C(=O)O)C[C@H](O)[C@H]2[C@H](C(=O)O)[C@H]21. The Morgan fingerprint density at radius 3 is 2.23 bits per heavy atom. The summed E-state index contributed by atoms with van der Waals surface area (Å²) in [5.41, 5.74) is -1.77. The highest BCUT2D eigenvalue weighted by atomic mass is 35.5. The van der Waals surface area contributed by atoms with Crippen LogP contribution in [0.2, 0.25) is 0 Å². The van der Waals surface area contributed by atoms with E-state index in [1.54, 1.807) is 13.8 Å². The first-order valence-electron chi connectivity index (χ1n) is 6.99. The Morgan fingerprint density at radius 1 is 1.27 bits per heavy atom. The van der Waals surface area contributed by atoms with Crippen molar-refractivity contribution in [1.82, 2.24) is 10.2 Å². The van der Waals surface area contributed by atoms with Crippen LogP contribution in [0.5, 0.6) is 0 Å². The van der Waals surface area contributed by atoms with Gasteiger partial charge in [-0.05, 0) is 17.7 Å². The molecule has 0 heterocycles. The van der Waals surface area contributed by atoms with E-state index in [-0.39, 0.29) is 12.3 Å². The third-order valence-electron chi connectivity index (χ3n) is 4.70. The molecule has 5 N–H and O–H groups in total. The minimum Gasteiger partial charge on any atom is -0.481 e. The Labute approximate surface area is 131 Å². The number of hydrogen-bond donors (Lipinski definition) is 5. The molecule has 0 unspecified atom stereocenters. The van der Waals surface area contributed by atoms with E-state index < -0.39 is 53.3 Å². The van der Waals surface area contributed by atoms with Crippen molar-refractivity contribution >= 4 is 29.6 Å². The Bertz CT molecular complexity index is 513. The Hall–Kier alpha value is -1.38. The molecule has 2 saturated carbocycles. The van der Waals surface area contributed by atoms with E-state index >= 15 is 0 Å². The first-order chi connectivity index (χ1) is 10.2. The maximum absolute atomic E-state index is 12.3. The normalized spacial score (nSPS) is 37.5. The average Bonchev–Trinajstić information content (AvgIpc) is 3.07. The molecule has 6 atom stereocenters. The van der Waals surface area contributed by atoms with Crippen molar-refractivity contribution in [3.05, 3.63) is 0 Å². The lowest BCUT2D eigenvalue weighted by Gasteiger charge is -2.31. The average molecular weight is 335 g/mol. The zero-order valence-corrected chi connectivity index (χ0v) is 12.9. The summed E-state index contributed by atoms with van der Waals surface area (Å²) in [7, 11) is 0. The fourth-order valence-corrected chi connectivity index (χ4v) is 3.91. The number of amides is 1. The lowest BCUT2D eigenvalue weighted by atomic mass is 9.88. The smallest absolute Gasteiger partial charge is 0.329 e. The van der Waals surface area contributed by atoms with Crippen molar-refractivity contribution in [2.24, 2.45) is 23.7 Å². The second kappa shape index (κ2) is 5.68. The van der Waals surface area contributed by atoms with Crippen LogP contribution in [-0.2, 0) is 14.4 Å². The van der Waals surface area contributed by atoms with E-state index in [4.69, 9.17) is 16.9 Å². The summed E-state index contributed by atoms with van der Waals surface area (Å²) in [5.74, 6) is -5.74. The van der Waals surface area contributed by atoms with Gasteiger partial charge < -0.3 is 20.6 Å². The van der Waals surface area contributed by atoms with Gasteiger partial charge in [-0.25, -0.2) is 9.63 Å². The number of carbonyl (C=O) groups is 3. The number of carboxylic acid groups (broad SMARTS) is 2. The Balaban J connectivity index is 2.26. The van der Waals surface area contributed by atoms with Gasteiger partial charge in [0.1, 0.15) is 11.6 Å². The minimum absolute atomic E-state index is 0.194. The number of aliphatic hydroxyl groups is 1. The van der Waals surface area contributed by atoms with Crippen LogP contribution in [0.25, 0.3) is 0 Å². The van der Waals surface area contributed by atoms with Crippen LogP contribution in [0.3, 0.4) is 0 Å². The molecule has 2 aliphatic rings. The van der Waals surface area contributed by atoms with Gasteiger partial charge in [0.25, 0.3) is 0 Å². The molecular formula is C13H19ClN2O6. The zero-order chi connectivity index (χ0) is 16.8. The molecule has 0 aromatic carbocycles. The number of carbonyl (C=O) groups excluding carboxylic acids is 1. The van der Waals surface area contributed by atoms with Gasteiger partial charge in [-0.3, -0.25) is 9.59 Å². The number of halogens is 1. The molecule has 0 aromatic heterocycles. The summed E-state index contributed by atoms with van der Waals surface area (Å²) < 4.78 is 0. The van der Waals surface area contributed by atoms with Crippen molar-refractivity contribution in [2.45, 2.75) is 38.0 Å². The van der Waals surface area contributed by atoms with Crippen LogP contribution in [0.1, 0.15) is 20.3 Å². The van der Waals surface area contributed by atoms with Crippen molar-refractivity contribution in [3.8, 4) is 0 Å². The fourth-order valence-electron chi connectivity index (χ4n) is 3.56. The number of carboxylic acids is 2. The summed E-state index contributed by atoms with van der Waals surface area (Å²) in [6.07, 6.45) is -1.27. The Kier molecular flexibility index (Phi) is 4.38. The second-order valence-corrected chi connectivity index (χ2v) is 6.55. The summed E-state index contributed by atoms with van der Waals surface area (Å²) in [5, 5.41) is 31.0. The van der Waals surface area contributed by atoms with Crippen molar-refractivity contribution in [3.63, 3.8) is 0 Å². The highest BCUT2D eigenvalue weighted by Crippen LogP contribution is 2.62. The van der Waals surface area contributed by atoms with Crippen molar-refractivity contribution < 1.29 is 29.7 Å². The summed E-state index contributed by atoms with van der Waals surface area (Å²) >= 11 is 5.52. The van der Waals surface area contributed by atoms with Gasteiger partial charge in [0.05, 0.1) is 12.0 Å².